The van der Waals surface area contributed by atoms with E-state index in [1.165, 1.54) is 6.07 Å². The third kappa shape index (κ3) is 3.12. The molecule has 104 valence electrons. The van der Waals surface area contributed by atoms with Gasteiger partial charge >= 0.3 is 0 Å². The minimum Gasteiger partial charge on any atom is -0.299 e. The molecule has 0 heterocycles. The average Bonchev–Trinajstić information content (AvgIpc) is 2.47. The molecular weight excluding hydrogens is 326 g/mol. The molecule has 20 heavy (non-hydrogen) atoms. The molecule has 1 unspecified atom stereocenters. The first-order valence-corrected chi connectivity index (χ1v) is 7.00. The highest BCUT2D eigenvalue weighted by molar-refractivity contribution is 9.10. The zero-order valence-corrected chi connectivity index (χ0v) is 12.5. The molecule has 0 amide bonds. The van der Waals surface area contributed by atoms with Crippen LogP contribution in [0.15, 0.2) is 46.9 Å². The predicted octanol–water partition coefficient (Wildman–Crippen LogP) is 4.64. The number of benzene rings is 2. The molecule has 0 aliphatic rings. The number of hydrogen-bond acceptors (Lipinski definition) is 1. The smallest absolute Gasteiger partial charge is 0.144 e. The number of halogens is 3. The molecule has 0 bridgehead atoms. The molecule has 4 heteroatoms. The molecule has 2 aromatic carbocycles. The summed E-state index contributed by atoms with van der Waals surface area (Å²) in [6, 6.07) is 11.6. The van der Waals surface area contributed by atoms with Crippen molar-refractivity contribution in [2.24, 2.45) is 0 Å². The topological polar surface area (TPSA) is 17.1 Å². The third-order valence-electron chi connectivity index (χ3n) is 3.27. The van der Waals surface area contributed by atoms with Crippen LogP contribution in [0.2, 0.25) is 0 Å². The van der Waals surface area contributed by atoms with Gasteiger partial charge in [-0.3, -0.25) is 4.79 Å². The maximum absolute atomic E-state index is 13.8. The van der Waals surface area contributed by atoms with E-state index in [9.17, 15) is 13.6 Å². The van der Waals surface area contributed by atoms with Gasteiger partial charge in [-0.15, -0.1) is 0 Å². The van der Waals surface area contributed by atoms with Crippen molar-refractivity contribution in [2.75, 3.05) is 0 Å². The zero-order valence-electron chi connectivity index (χ0n) is 10.9. The van der Waals surface area contributed by atoms with Gasteiger partial charge in [-0.1, -0.05) is 37.3 Å². The predicted molar refractivity (Wildman–Crippen MR) is 77.6 cm³/mol. The summed E-state index contributed by atoms with van der Waals surface area (Å²) in [6.45, 7) is 1.74. The van der Waals surface area contributed by atoms with Crippen LogP contribution in [0, 0.1) is 11.6 Å². The second kappa shape index (κ2) is 6.27. The summed E-state index contributed by atoms with van der Waals surface area (Å²) in [5.74, 6) is -2.01. The van der Waals surface area contributed by atoms with Crippen molar-refractivity contribution < 1.29 is 13.6 Å². The van der Waals surface area contributed by atoms with Crippen LogP contribution in [0.4, 0.5) is 8.78 Å². The molecule has 0 aliphatic carbocycles. The van der Waals surface area contributed by atoms with Gasteiger partial charge in [-0.25, -0.2) is 8.78 Å². The van der Waals surface area contributed by atoms with E-state index < -0.39 is 17.6 Å². The quantitative estimate of drug-likeness (QED) is 0.742. The minimum atomic E-state index is -0.710. The fraction of sp³-hybridized carbons (Fsp3) is 0.188. The van der Waals surface area contributed by atoms with Gasteiger partial charge in [0, 0.05) is 17.9 Å². The Morgan fingerprint density at radius 3 is 2.45 bits per heavy atom. The Kier molecular flexibility index (Phi) is 4.65. The lowest BCUT2D eigenvalue weighted by Crippen LogP contribution is -2.14. The largest absolute Gasteiger partial charge is 0.299 e. The molecule has 2 rings (SSSR count). The summed E-state index contributed by atoms with van der Waals surface area (Å²) in [6.07, 6.45) is -0.257. The van der Waals surface area contributed by atoms with Crippen molar-refractivity contribution in [3.05, 3.63) is 69.7 Å². The Morgan fingerprint density at radius 1 is 1.15 bits per heavy atom. The summed E-state index contributed by atoms with van der Waals surface area (Å²) in [4.78, 5) is 12.2. The Balaban J connectivity index is 2.23. The van der Waals surface area contributed by atoms with Crippen LogP contribution in [0.3, 0.4) is 0 Å². The number of hydrogen-bond donors (Lipinski definition) is 0. The first-order valence-electron chi connectivity index (χ1n) is 6.20. The highest BCUT2D eigenvalue weighted by atomic mass is 79.9. The third-order valence-corrected chi connectivity index (χ3v) is 3.88. The first-order chi connectivity index (χ1) is 9.50. The van der Waals surface area contributed by atoms with Crippen LogP contribution in [0.5, 0.6) is 0 Å². The van der Waals surface area contributed by atoms with Gasteiger partial charge in [0.15, 0.2) is 0 Å². The molecule has 1 nitrogen and oxygen atoms in total. The molecule has 0 radical (unpaired) electrons. The lowest BCUT2D eigenvalue weighted by molar-refractivity contribution is -0.119. The van der Waals surface area contributed by atoms with E-state index in [-0.39, 0.29) is 22.2 Å². The number of ketones is 1. The van der Waals surface area contributed by atoms with E-state index in [1.807, 2.05) is 30.3 Å². The Hall–Kier alpha value is -1.55. The normalized spacial score (nSPS) is 12.2. The van der Waals surface area contributed by atoms with E-state index >= 15 is 0 Å². The summed E-state index contributed by atoms with van der Waals surface area (Å²) >= 11 is 3.00. The number of Topliss-reactive ketones (excluding diaryl/α,β-unsaturated/α-hetero) is 1. The highest BCUT2D eigenvalue weighted by Crippen LogP contribution is 2.24. The Bertz CT molecular complexity index is 626. The molecule has 1 atom stereocenters. The SMILES string of the molecule is CC(C(=O)Cc1c(F)ccc(Br)c1F)c1ccccc1. The summed E-state index contributed by atoms with van der Waals surface area (Å²) in [5.41, 5.74) is 0.653. The lowest BCUT2D eigenvalue weighted by Gasteiger charge is -2.12. The number of carbonyl (C=O) groups excluding carboxylic acids is 1. The van der Waals surface area contributed by atoms with Gasteiger partial charge in [-0.05, 0) is 33.6 Å². The van der Waals surface area contributed by atoms with Crippen molar-refractivity contribution >= 4 is 21.7 Å². The number of carbonyl (C=O) groups is 1. The molecule has 0 saturated carbocycles. The van der Waals surface area contributed by atoms with E-state index in [4.69, 9.17) is 0 Å². The average molecular weight is 339 g/mol. The Morgan fingerprint density at radius 2 is 1.80 bits per heavy atom. The van der Waals surface area contributed by atoms with Gasteiger partial charge in [-0.2, -0.15) is 0 Å². The molecule has 0 fully saturated rings. The maximum Gasteiger partial charge on any atom is 0.144 e. The van der Waals surface area contributed by atoms with Crippen molar-refractivity contribution in [3.8, 4) is 0 Å². The molecule has 0 saturated heterocycles. The molecular formula is C16H13BrF2O. The summed E-state index contributed by atoms with van der Waals surface area (Å²) < 4.78 is 27.7. The van der Waals surface area contributed by atoms with Crippen molar-refractivity contribution in [1.82, 2.24) is 0 Å². The van der Waals surface area contributed by atoms with Gasteiger partial charge in [0.25, 0.3) is 0 Å². The maximum atomic E-state index is 13.8. The van der Waals surface area contributed by atoms with Gasteiger partial charge in [0.05, 0.1) is 4.47 Å². The van der Waals surface area contributed by atoms with Crippen LogP contribution in [0.25, 0.3) is 0 Å². The second-order valence-electron chi connectivity index (χ2n) is 4.60. The Labute approximate surface area is 124 Å². The fourth-order valence-electron chi connectivity index (χ4n) is 1.99. The lowest BCUT2D eigenvalue weighted by atomic mass is 9.92. The first kappa shape index (κ1) is 14.9. The second-order valence-corrected chi connectivity index (χ2v) is 5.45. The molecule has 0 N–H and O–H groups in total. The molecule has 2 aromatic rings. The molecule has 0 aromatic heterocycles. The van der Waals surface area contributed by atoms with Crippen molar-refractivity contribution in [3.63, 3.8) is 0 Å². The minimum absolute atomic E-state index is 0.161. The summed E-state index contributed by atoms with van der Waals surface area (Å²) in [7, 11) is 0. The van der Waals surface area contributed by atoms with E-state index in [0.717, 1.165) is 11.6 Å². The number of rotatable bonds is 4. The van der Waals surface area contributed by atoms with Crippen LogP contribution in [0.1, 0.15) is 24.0 Å². The zero-order chi connectivity index (χ0) is 14.7. The standard InChI is InChI=1S/C16H13BrF2O/c1-10(11-5-3-2-4-6-11)15(20)9-12-14(18)8-7-13(17)16(12)19/h2-8,10H,9H2,1H3. The van der Waals surface area contributed by atoms with Crippen molar-refractivity contribution in [1.29, 1.82) is 0 Å². The molecule has 0 aliphatic heterocycles. The van der Waals surface area contributed by atoms with Gasteiger partial charge in [0.2, 0.25) is 0 Å². The van der Waals surface area contributed by atoms with Gasteiger partial charge < -0.3 is 0 Å². The van der Waals surface area contributed by atoms with Crippen LogP contribution in [-0.2, 0) is 11.2 Å². The van der Waals surface area contributed by atoms with Crippen LogP contribution in [-0.4, -0.2) is 5.78 Å². The van der Waals surface area contributed by atoms with Crippen LogP contribution >= 0.6 is 15.9 Å². The molecule has 0 spiro atoms. The van der Waals surface area contributed by atoms with E-state index in [1.54, 1.807) is 6.92 Å². The fourth-order valence-corrected chi connectivity index (χ4v) is 2.36. The monoisotopic (exact) mass is 338 g/mol. The van der Waals surface area contributed by atoms with E-state index in [2.05, 4.69) is 15.9 Å². The van der Waals surface area contributed by atoms with Crippen LogP contribution < -0.4 is 0 Å². The highest BCUT2D eigenvalue weighted by Gasteiger charge is 2.20. The van der Waals surface area contributed by atoms with E-state index in [0.29, 0.717) is 0 Å². The van der Waals surface area contributed by atoms with Gasteiger partial charge in [0.1, 0.15) is 17.4 Å². The summed E-state index contributed by atoms with van der Waals surface area (Å²) in [5, 5.41) is 0. The van der Waals surface area contributed by atoms with Crippen molar-refractivity contribution in [2.45, 2.75) is 19.3 Å².